The molecule has 1 aromatic heterocycles. The number of Topliss-reactive ketones (excluding diaryl/α,β-unsaturated/α-hetero) is 1. The van der Waals surface area contributed by atoms with Gasteiger partial charge in [0.15, 0.2) is 0 Å². The summed E-state index contributed by atoms with van der Waals surface area (Å²) in [4.78, 5) is 18.8. The minimum Gasteiger partial charge on any atom is -0.354 e. The van der Waals surface area contributed by atoms with Gasteiger partial charge in [-0.15, -0.1) is 0 Å². The lowest BCUT2D eigenvalue weighted by Crippen LogP contribution is -2.43. The summed E-state index contributed by atoms with van der Waals surface area (Å²) in [7, 11) is 0. The topological polar surface area (TPSA) is 36.4 Å². The van der Waals surface area contributed by atoms with Gasteiger partial charge in [-0.05, 0) is 35.6 Å². The fourth-order valence-electron chi connectivity index (χ4n) is 4.75. The molecular formula is C24H33N3OS. The second-order valence-corrected chi connectivity index (χ2v) is 10.4. The first-order chi connectivity index (χ1) is 14.0. The van der Waals surface area contributed by atoms with E-state index in [0.29, 0.717) is 11.7 Å². The SMILES string of the molecule is CC1(C)CC(=O)C[C@H]1CCCCSN1CCN(c2cc3ccccc3cn2)CC1. The van der Waals surface area contributed by atoms with Gasteiger partial charge >= 0.3 is 0 Å². The predicted molar refractivity (Wildman–Crippen MR) is 123 cm³/mol. The van der Waals surface area contributed by atoms with Crippen LogP contribution in [-0.4, -0.2) is 47.0 Å². The Morgan fingerprint density at radius 1 is 1.10 bits per heavy atom. The van der Waals surface area contributed by atoms with Crippen LogP contribution in [0.4, 0.5) is 5.82 Å². The maximum Gasteiger partial charge on any atom is 0.133 e. The first-order valence-electron chi connectivity index (χ1n) is 11.0. The third-order valence-electron chi connectivity index (χ3n) is 6.63. The number of unbranched alkanes of at least 4 members (excludes halogenated alkanes) is 1. The van der Waals surface area contributed by atoms with Crippen LogP contribution in [0.15, 0.2) is 36.5 Å². The number of pyridine rings is 1. The Hall–Kier alpha value is -1.59. The Bertz CT molecular complexity index is 845. The van der Waals surface area contributed by atoms with Gasteiger partial charge in [-0.3, -0.25) is 4.79 Å². The highest BCUT2D eigenvalue weighted by atomic mass is 32.2. The Morgan fingerprint density at radius 3 is 2.59 bits per heavy atom. The molecule has 2 aliphatic rings. The molecule has 2 heterocycles. The first kappa shape index (κ1) is 20.7. The molecule has 0 amide bonds. The van der Waals surface area contributed by atoms with Gasteiger partial charge in [0, 0.05) is 56.4 Å². The molecule has 2 aromatic rings. The summed E-state index contributed by atoms with van der Waals surface area (Å²) in [5.41, 5.74) is 0.220. The van der Waals surface area contributed by atoms with Crippen molar-refractivity contribution in [2.45, 2.75) is 46.0 Å². The summed E-state index contributed by atoms with van der Waals surface area (Å²) in [5.74, 6) is 3.35. The minimum absolute atomic E-state index is 0.220. The van der Waals surface area contributed by atoms with Gasteiger partial charge in [-0.2, -0.15) is 0 Å². The summed E-state index contributed by atoms with van der Waals surface area (Å²) in [6, 6.07) is 10.6. The Labute approximate surface area is 179 Å². The molecular weight excluding hydrogens is 378 g/mol. The number of benzene rings is 1. The highest BCUT2D eigenvalue weighted by Gasteiger charge is 2.38. The molecule has 1 saturated heterocycles. The molecule has 1 saturated carbocycles. The number of hydrogen-bond donors (Lipinski definition) is 0. The van der Waals surface area contributed by atoms with Crippen molar-refractivity contribution in [2.24, 2.45) is 11.3 Å². The Kier molecular flexibility index (Phi) is 6.45. The van der Waals surface area contributed by atoms with E-state index in [1.807, 2.05) is 18.1 Å². The molecule has 4 rings (SSSR count). The van der Waals surface area contributed by atoms with E-state index in [4.69, 9.17) is 0 Å². The molecule has 4 nitrogen and oxygen atoms in total. The number of carbonyl (C=O) groups is 1. The van der Waals surface area contributed by atoms with E-state index in [9.17, 15) is 4.79 Å². The molecule has 5 heteroatoms. The number of ketones is 1. The van der Waals surface area contributed by atoms with Crippen molar-refractivity contribution in [3.05, 3.63) is 36.5 Å². The summed E-state index contributed by atoms with van der Waals surface area (Å²) < 4.78 is 2.51. The van der Waals surface area contributed by atoms with Gasteiger partial charge < -0.3 is 4.90 Å². The highest BCUT2D eigenvalue weighted by Crippen LogP contribution is 2.43. The van der Waals surface area contributed by atoms with Crippen LogP contribution in [0.5, 0.6) is 0 Å². The van der Waals surface area contributed by atoms with E-state index in [2.05, 4.69) is 58.4 Å². The van der Waals surface area contributed by atoms with Crippen LogP contribution >= 0.6 is 11.9 Å². The van der Waals surface area contributed by atoms with Crippen LogP contribution < -0.4 is 4.90 Å². The van der Waals surface area contributed by atoms with Gasteiger partial charge in [-0.25, -0.2) is 9.29 Å². The largest absolute Gasteiger partial charge is 0.354 e. The molecule has 156 valence electrons. The molecule has 0 N–H and O–H groups in total. The lowest BCUT2D eigenvalue weighted by Gasteiger charge is -2.34. The molecule has 0 radical (unpaired) electrons. The number of carbonyl (C=O) groups excluding carboxylic acids is 1. The molecule has 1 aromatic carbocycles. The quantitative estimate of drug-likeness (QED) is 0.463. The van der Waals surface area contributed by atoms with E-state index in [1.165, 1.54) is 35.8 Å². The van der Waals surface area contributed by atoms with Gasteiger partial charge in [0.1, 0.15) is 11.6 Å². The number of piperazine rings is 1. The molecule has 29 heavy (non-hydrogen) atoms. The minimum atomic E-state index is 0.220. The predicted octanol–water partition coefficient (Wildman–Crippen LogP) is 5.18. The molecule has 1 aliphatic carbocycles. The lowest BCUT2D eigenvalue weighted by atomic mass is 9.79. The number of anilines is 1. The standard InChI is InChI=1S/C24H33N3OS/c1-24(2)17-22(28)16-21(24)9-5-6-14-29-27-12-10-26(11-13-27)23-15-19-7-3-4-8-20(19)18-25-23/h3-4,7-8,15,18,21H,5-6,9-14,16-17H2,1-2H3/t21-/m1/s1. The van der Waals surface area contributed by atoms with E-state index in [0.717, 1.165) is 44.8 Å². The molecule has 0 spiro atoms. The Balaban J connectivity index is 1.16. The number of hydrogen-bond acceptors (Lipinski definition) is 5. The summed E-state index contributed by atoms with van der Waals surface area (Å²) in [6.07, 6.45) is 7.28. The first-order valence-corrected chi connectivity index (χ1v) is 11.9. The van der Waals surface area contributed by atoms with Gasteiger partial charge in [0.05, 0.1) is 0 Å². The van der Waals surface area contributed by atoms with Crippen molar-refractivity contribution in [3.63, 3.8) is 0 Å². The average molecular weight is 412 g/mol. The third kappa shape index (κ3) is 5.13. The van der Waals surface area contributed by atoms with Crippen molar-refractivity contribution in [2.75, 3.05) is 36.8 Å². The van der Waals surface area contributed by atoms with Crippen molar-refractivity contribution in [1.82, 2.24) is 9.29 Å². The zero-order valence-electron chi connectivity index (χ0n) is 17.8. The normalized spacial score (nSPS) is 22.5. The van der Waals surface area contributed by atoms with Crippen molar-refractivity contribution < 1.29 is 4.79 Å². The van der Waals surface area contributed by atoms with Crippen molar-refractivity contribution in [1.29, 1.82) is 0 Å². The van der Waals surface area contributed by atoms with E-state index in [1.54, 1.807) is 0 Å². The number of nitrogens with zero attached hydrogens (tertiary/aromatic N) is 3. The number of fused-ring (bicyclic) bond motifs is 1. The summed E-state index contributed by atoms with van der Waals surface area (Å²) in [5, 5.41) is 2.47. The zero-order chi connectivity index (χ0) is 20.3. The van der Waals surface area contributed by atoms with Crippen LogP contribution in [0.2, 0.25) is 0 Å². The summed E-state index contributed by atoms with van der Waals surface area (Å²) in [6.45, 7) is 8.78. The van der Waals surface area contributed by atoms with Crippen LogP contribution in [0.1, 0.15) is 46.0 Å². The summed E-state index contributed by atoms with van der Waals surface area (Å²) >= 11 is 2.00. The van der Waals surface area contributed by atoms with Crippen molar-refractivity contribution in [3.8, 4) is 0 Å². The monoisotopic (exact) mass is 411 g/mol. The van der Waals surface area contributed by atoms with Crippen LogP contribution in [0.25, 0.3) is 10.8 Å². The average Bonchev–Trinajstić information content (AvgIpc) is 2.99. The van der Waals surface area contributed by atoms with Gasteiger partial charge in [-0.1, -0.05) is 56.5 Å². The smallest absolute Gasteiger partial charge is 0.133 e. The van der Waals surface area contributed by atoms with Crippen LogP contribution in [-0.2, 0) is 4.79 Å². The zero-order valence-corrected chi connectivity index (χ0v) is 18.6. The van der Waals surface area contributed by atoms with Gasteiger partial charge in [0.2, 0.25) is 0 Å². The fourth-order valence-corrected chi connectivity index (χ4v) is 5.76. The second kappa shape index (κ2) is 9.05. The number of rotatable bonds is 7. The maximum atomic E-state index is 11.7. The van der Waals surface area contributed by atoms with Crippen LogP contribution in [0.3, 0.4) is 0 Å². The van der Waals surface area contributed by atoms with E-state index >= 15 is 0 Å². The molecule has 0 unspecified atom stereocenters. The molecule has 0 bridgehead atoms. The number of aromatic nitrogens is 1. The maximum absolute atomic E-state index is 11.7. The lowest BCUT2D eigenvalue weighted by molar-refractivity contribution is -0.118. The highest BCUT2D eigenvalue weighted by molar-refractivity contribution is 7.97. The van der Waals surface area contributed by atoms with E-state index in [-0.39, 0.29) is 5.41 Å². The van der Waals surface area contributed by atoms with E-state index < -0.39 is 0 Å². The van der Waals surface area contributed by atoms with Gasteiger partial charge in [0.25, 0.3) is 0 Å². The molecule has 1 aliphatic heterocycles. The molecule has 2 fully saturated rings. The molecule has 1 atom stereocenters. The Morgan fingerprint density at radius 2 is 1.86 bits per heavy atom. The van der Waals surface area contributed by atoms with Crippen molar-refractivity contribution >= 4 is 34.3 Å². The fraction of sp³-hybridized carbons (Fsp3) is 0.583. The third-order valence-corrected chi connectivity index (χ3v) is 7.83. The van der Waals surface area contributed by atoms with Crippen LogP contribution in [0, 0.1) is 11.3 Å². The second-order valence-electron chi connectivity index (χ2n) is 9.24.